The summed E-state index contributed by atoms with van der Waals surface area (Å²) in [5, 5.41) is 4.96. The molecule has 0 spiro atoms. The molecule has 2 aromatic carbocycles. The minimum absolute atomic E-state index is 0.173. The van der Waals surface area contributed by atoms with Crippen molar-refractivity contribution in [3.63, 3.8) is 0 Å². The van der Waals surface area contributed by atoms with E-state index in [0.29, 0.717) is 0 Å². The van der Waals surface area contributed by atoms with E-state index < -0.39 is 5.41 Å². The number of fused-ring (bicyclic) bond motifs is 2. The summed E-state index contributed by atoms with van der Waals surface area (Å²) < 4.78 is 0. The van der Waals surface area contributed by atoms with E-state index in [1.807, 2.05) is 4.90 Å². The van der Waals surface area contributed by atoms with E-state index in [2.05, 4.69) is 143 Å². The zero-order chi connectivity index (χ0) is 30.9. The third-order valence-corrected chi connectivity index (χ3v) is 9.21. The first-order chi connectivity index (χ1) is 20.5. The summed E-state index contributed by atoms with van der Waals surface area (Å²) >= 11 is 0. The number of aromatic nitrogens is 1. The van der Waals surface area contributed by atoms with E-state index in [1.54, 1.807) is 0 Å². The third kappa shape index (κ3) is 6.16. The molecule has 2 N–H and O–H groups in total. The van der Waals surface area contributed by atoms with Gasteiger partial charge in [-0.05, 0) is 119 Å². The molecule has 2 atom stereocenters. The molecular weight excluding hydrogens is 530 g/mol. The smallest absolute Gasteiger partial charge is 0.232 e. The fourth-order valence-electron chi connectivity index (χ4n) is 6.65. The summed E-state index contributed by atoms with van der Waals surface area (Å²) in [7, 11) is 2.12. The molecule has 3 heterocycles. The number of aromatic amines is 1. The lowest BCUT2D eigenvalue weighted by atomic mass is 9.81. The van der Waals surface area contributed by atoms with Crippen molar-refractivity contribution >= 4 is 16.8 Å². The molecule has 0 radical (unpaired) electrons. The van der Waals surface area contributed by atoms with Crippen LogP contribution < -0.4 is 5.32 Å². The van der Waals surface area contributed by atoms with Gasteiger partial charge in [-0.25, -0.2) is 0 Å². The zero-order valence-electron chi connectivity index (χ0n) is 27.3. The van der Waals surface area contributed by atoms with E-state index in [4.69, 9.17) is 0 Å². The maximum atomic E-state index is 13.6. The number of rotatable bonds is 11. The third-order valence-electron chi connectivity index (χ3n) is 9.21. The highest BCUT2D eigenvalue weighted by molar-refractivity contribution is 5.94. The van der Waals surface area contributed by atoms with Crippen LogP contribution in [0.4, 0.5) is 0 Å². The molecule has 2 aliphatic rings. The van der Waals surface area contributed by atoms with Gasteiger partial charge < -0.3 is 25.0 Å². The van der Waals surface area contributed by atoms with Crippen LogP contribution in [0.15, 0.2) is 72.7 Å². The van der Waals surface area contributed by atoms with Crippen molar-refractivity contribution in [3.05, 3.63) is 95.0 Å². The predicted molar refractivity (Wildman–Crippen MR) is 180 cm³/mol. The van der Waals surface area contributed by atoms with Crippen LogP contribution >= 0.6 is 0 Å². The monoisotopic (exact) mass is 579 g/mol. The molecule has 1 amide bonds. The largest absolute Gasteiger partial charge is 0.356 e. The molecule has 228 valence electrons. The van der Waals surface area contributed by atoms with Gasteiger partial charge in [-0.3, -0.25) is 4.79 Å². The second-order valence-electron chi connectivity index (χ2n) is 12.9. The second-order valence-corrected chi connectivity index (χ2v) is 12.9. The van der Waals surface area contributed by atoms with Crippen LogP contribution in [0.5, 0.6) is 0 Å². The Morgan fingerprint density at radius 1 is 1.05 bits per heavy atom. The van der Waals surface area contributed by atoms with Gasteiger partial charge in [-0.2, -0.15) is 0 Å². The lowest BCUT2D eigenvalue weighted by molar-refractivity contribution is -0.135. The van der Waals surface area contributed by atoms with Gasteiger partial charge in [-0.1, -0.05) is 30.2 Å². The Kier molecular flexibility index (Phi) is 8.89. The SMILES string of the molecule is CCN(CC)C(=O)C(C)(C)c1ccc2[nH]c(-c3cc(C)cc(C)c3)c([C@H](C)CNCCC3=CC4N(C)C=CN4C=C3)c2c1. The molecule has 0 bridgehead atoms. The van der Waals surface area contributed by atoms with Crippen molar-refractivity contribution in [2.45, 2.75) is 72.4 Å². The van der Waals surface area contributed by atoms with Gasteiger partial charge in [-0.15, -0.1) is 0 Å². The summed E-state index contributed by atoms with van der Waals surface area (Å²) in [4.78, 5) is 23.7. The molecule has 5 rings (SSSR count). The number of amides is 1. The average molecular weight is 580 g/mol. The van der Waals surface area contributed by atoms with Gasteiger partial charge in [0.2, 0.25) is 5.91 Å². The fourth-order valence-corrected chi connectivity index (χ4v) is 6.65. The maximum Gasteiger partial charge on any atom is 0.232 e. The number of benzene rings is 2. The first-order valence-electron chi connectivity index (χ1n) is 15.8. The second kappa shape index (κ2) is 12.5. The summed E-state index contributed by atoms with van der Waals surface area (Å²) in [6.07, 6.45) is 12.3. The number of likely N-dealkylation sites (N-methyl/N-ethyl adjacent to an activating group) is 2. The van der Waals surface area contributed by atoms with Crippen LogP contribution in [-0.4, -0.2) is 65.0 Å². The first-order valence-corrected chi connectivity index (χ1v) is 15.8. The normalized spacial score (nSPS) is 17.0. The number of allylic oxidation sites excluding steroid dienone is 1. The van der Waals surface area contributed by atoms with Crippen molar-refractivity contribution in [3.8, 4) is 11.3 Å². The van der Waals surface area contributed by atoms with Crippen molar-refractivity contribution in [2.75, 3.05) is 33.2 Å². The molecule has 0 fully saturated rings. The standard InChI is InChI=1S/C37H49N5O/c1-9-41(10-2)36(43)37(6,7)30-11-12-32-31(23-30)34(35(39-32)29-20-25(3)19-26(4)21-29)27(5)24-38-15-13-28-14-16-42-18-17-40(8)33(42)22-28/h11-12,14,16-23,27,33,38-39H,9-10,13,15,24H2,1-8H3/t27-,33?/m1/s1. The van der Waals surface area contributed by atoms with Crippen molar-refractivity contribution in [2.24, 2.45) is 0 Å². The predicted octanol–water partition coefficient (Wildman–Crippen LogP) is 7.18. The van der Waals surface area contributed by atoms with Crippen LogP contribution in [0.1, 0.15) is 69.2 Å². The highest BCUT2D eigenvalue weighted by atomic mass is 16.2. The van der Waals surface area contributed by atoms with Crippen LogP contribution in [0.3, 0.4) is 0 Å². The number of H-pyrrole nitrogens is 1. The average Bonchev–Trinajstić information content (AvgIpc) is 3.55. The number of hydrogen-bond acceptors (Lipinski definition) is 4. The maximum absolute atomic E-state index is 13.6. The molecule has 43 heavy (non-hydrogen) atoms. The van der Waals surface area contributed by atoms with Crippen molar-refractivity contribution in [1.82, 2.24) is 25.0 Å². The Morgan fingerprint density at radius 2 is 1.77 bits per heavy atom. The number of nitrogens with one attached hydrogen (secondary N) is 2. The number of aryl methyl sites for hydroxylation is 2. The Balaban J connectivity index is 1.43. The van der Waals surface area contributed by atoms with Crippen LogP contribution in [-0.2, 0) is 10.2 Å². The van der Waals surface area contributed by atoms with Gasteiger partial charge in [0, 0.05) is 56.2 Å². The molecule has 6 nitrogen and oxygen atoms in total. The molecule has 0 aliphatic carbocycles. The van der Waals surface area contributed by atoms with Gasteiger partial charge in [0.25, 0.3) is 0 Å². The molecule has 6 heteroatoms. The number of hydrogen-bond donors (Lipinski definition) is 2. The zero-order valence-corrected chi connectivity index (χ0v) is 27.3. The molecule has 2 aliphatic heterocycles. The van der Waals surface area contributed by atoms with Gasteiger partial charge in [0.05, 0.1) is 11.1 Å². The highest BCUT2D eigenvalue weighted by Gasteiger charge is 2.33. The minimum Gasteiger partial charge on any atom is -0.356 e. The Morgan fingerprint density at radius 3 is 2.47 bits per heavy atom. The molecule has 1 unspecified atom stereocenters. The first kappa shape index (κ1) is 30.7. The molecule has 1 aromatic heterocycles. The van der Waals surface area contributed by atoms with Crippen LogP contribution in [0.25, 0.3) is 22.2 Å². The van der Waals surface area contributed by atoms with E-state index >= 15 is 0 Å². The highest BCUT2D eigenvalue weighted by Crippen LogP contribution is 2.39. The number of carbonyl (C=O) groups is 1. The Hall–Kier alpha value is -3.77. The van der Waals surface area contributed by atoms with Crippen molar-refractivity contribution in [1.29, 1.82) is 0 Å². The summed E-state index contributed by atoms with van der Waals surface area (Å²) in [5.41, 5.74) is 9.14. The number of nitrogens with zero attached hydrogens (tertiary/aromatic N) is 3. The molecule has 3 aromatic rings. The topological polar surface area (TPSA) is 54.6 Å². The van der Waals surface area contributed by atoms with E-state index in [1.165, 1.54) is 38.9 Å². The Labute approximate surface area is 258 Å². The van der Waals surface area contributed by atoms with Crippen LogP contribution in [0, 0.1) is 13.8 Å². The minimum atomic E-state index is -0.615. The van der Waals surface area contributed by atoms with Gasteiger partial charge in [0.15, 0.2) is 0 Å². The molecular formula is C37H49N5O. The quantitative estimate of drug-likeness (QED) is 0.236. The van der Waals surface area contributed by atoms with E-state index in [-0.39, 0.29) is 18.0 Å². The van der Waals surface area contributed by atoms with Crippen molar-refractivity contribution < 1.29 is 4.79 Å². The van der Waals surface area contributed by atoms with E-state index in [0.717, 1.165) is 43.7 Å². The van der Waals surface area contributed by atoms with Crippen LogP contribution in [0.2, 0.25) is 0 Å². The van der Waals surface area contributed by atoms with Gasteiger partial charge >= 0.3 is 0 Å². The molecule has 0 saturated carbocycles. The fraction of sp³-hybridized carbons (Fsp3) is 0.432. The van der Waals surface area contributed by atoms with E-state index in [9.17, 15) is 4.79 Å². The summed E-state index contributed by atoms with van der Waals surface area (Å²) in [6, 6.07) is 13.3. The lowest BCUT2D eigenvalue weighted by Gasteiger charge is -2.31. The molecule has 0 saturated heterocycles. The summed E-state index contributed by atoms with van der Waals surface area (Å²) in [6.45, 7) is 18.1. The van der Waals surface area contributed by atoms with Gasteiger partial charge in [0.1, 0.15) is 6.17 Å². The summed E-state index contributed by atoms with van der Waals surface area (Å²) in [5.74, 6) is 0.435. The lowest BCUT2D eigenvalue weighted by Crippen LogP contribution is -2.43. The Bertz CT molecular complexity index is 1550. The number of carbonyl (C=O) groups excluding carboxylic acids is 1.